The minimum Gasteiger partial charge on any atom is -0.330 e. The van der Waals surface area contributed by atoms with E-state index in [4.69, 9.17) is 17.3 Å². The third kappa shape index (κ3) is 2.08. The maximum atomic E-state index is 6.65. The Morgan fingerprint density at radius 3 is 2.19 bits per heavy atom. The lowest BCUT2D eigenvalue weighted by Crippen LogP contribution is -2.55. The summed E-state index contributed by atoms with van der Waals surface area (Å²) in [6.07, 6.45) is 9.61. The molecule has 0 atom stereocenters. The Hall–Kier alpha value is -0.530. The van der Waals surface area contributed by atoms with E-state index < -0.39 is 0 Å². The number of benzene rings is 1. The molecule has 0 spiro atoms. The number of rotatable bonds is 4. The Morgan fingerprint density at radius 1 is 1.00 bits per heavy atom. The summed E-state index contributed by atoms with van der Waals surface area (Å²) in [5, 5.41) is 0.988. The first-order chi connectivity index (χ1) is 10.2. The molecule has 0 amide bonds. The van der Waals surface area contributed by atoms with Crippen molar-refractivity contribution in [3.63, 3.8) is 0 Å². The van der Waals surface area contributed by atoms with Gasteiger partial charge < -0.3 is 5.73 Å². The van der Waals surface area contributed by atoms with Gasteiger partial charge in [0.2, 0.25) is 0 Å². The summed E-state index contributed by atoms with van der Waals surface area (Å²) in [4.78, 5) is 0. The van der Waals surface area contributed by atoms with E-state index in [2.05, 4.69) is 24.3 Å². The van der Waals surface area contributed by atoms with Gasteiger partial charge >= 0.3 is 0 Å². The average Bonchev–Trinajstić information content (AvgIpc) is 2.48. The smallest absolute Gasteiger partial charge is 0.0443 e. The normalized spacial score (nSPS) is 40.7. The van der Waals surface area contributed by atoms with Gasteiger partial charge in [-0.3, -0.25) is 0 Å². The highest BCUT2D eigenvalue weighted by molar-refractivity contribution is 6.31. The molecule has 4 aliphatic carbocycles. The van der Waals surface area contributed by atoms with E-state index in [0.29, 0.717) is 5.41 Å². The molecule has 5 rings (SSSR count). The van der Waals surface area contributed by atoms with Gasteiger partial charge in [-0.25, -0.2) is 0 Å². The van der Waals surface area contributed by atoms with Gasteiger partial charge in [-0.15, -0.1) is 0 Å². The van der Waals surface area contributed by atoms with Crippen LogP contribution in [0.4, 0.5) is 0 Å². The fourth-order valence-corrected chi connectivity index (χ4v) is 6.55. The van der Waals surface area contributed by atoms with E-state index in [1.54, 1.807) is 0 Å². The molecule has 0 radical (unpaired) electrons. The van der Waals surface area contributed by atoms with Crippen molar-refractivity contribution in [2.75, 3.05) is 6.54 Å². The molecule has 4 fully saturated rings. The number of halogens is 1. The van der Waals surface area contributed by atoms with E-state index in [-0.39, 0.29) is 0 Å². The van der Waals surface area contributed by atoms with Crippen molar-refractivity contribution >= 4 is 11.6 Å². The molecule has 0 aliphatic heterocycles. The summed E-state index contributed by atoms with van der Waals surface area (Å²) >= 11 is 6.65. The lowest BCUT2D eigenvalue weighted by atomic mass is 9.43. The Balaban J connectivity index is 1.79. The van der Waals surface area contributed by atoms with Crippen molar-refractivity contribution in [2.45, 2.75) is 50.4 Å². The highest BCUT2D eigenvalue weighted by Gasteiger charge is 2.57. The minimum absolute atomic E-state index is 0.325. The first-order valence-electron chi connectivity index (χ1n) is 8.69. The van der Waals surface area contributed by atoms with Crippen LogP contribution in [-0.4, -0.2) is 6.54 Å². The van der Waals surface area contributed by atoms with Crippen LogP contribution in [0.15, 0.2) is 24.3 Å². The molecule has 0 heterocycles. The van der Waals surface area contributed by atoms with E-state index in [9.17, 15) is 0 Å². The summed E-state index contributed by atoms with van der Waals surface area (Å²) in [5.41, 5.74) is 7.64. The van der Waals surface area contributed by atoms with Crippen molar-refractivity contribution < 1.29 is 0 Å². The van der Waals surface area contributed by atoms with Crippen LogP contribution < -0.4 is 5.73 Å². The van der Waals surface area contributed by atoms with Crippen molar-refractivity contribution in [2.24, 2.45) is 29.4 Å². The van der Waals surface area contributed by atoms with Crippen LogP contribution >= 0.6 is 11.6 Å². The summed E-state index contributed by atoms with van der Waals surface area (Å²) in [5.74, 6) is 3.70. The van der Waals surface area contributed by atoms with Crippen LogP contribution in [-0.2, 0) is 5.41 Å². The highest BCUT2D eigenvalue weighted by Crippen LogP contribution is 2.65. The molecule has 4 saturated carbocycles. The maximum Gasteiger partial charge on any atom is 0.0443 e. The van der Waals surface area contributed by atoms with Gasteiger partial charge in [0.15, 0.2) is 0 Å². The first kappa shape index (κ1) is 14.1. The topological polar surface area (TPSA) is 26.0 Å². The van der Waals surface area contributed by atoms with Crippen LogP contribution in [0.2, 0.25) is 5.02 Å². The largest absolute Gasteiger partial charge is 0.330 e. The summed E-state index contributed by atoms with van der Waals surface area (Å²) in [6.45, 7) is 0.804. The molecular formula is C19H26ClN. The van der Waals surface area contributed by atoms with Crippen LogP contribution in [0, 0.1) is 23.7 Å². The molecule has 2 N–H and O–H groups in total. The molecule has 4 bridgehead atoms. The van der Waals surface area contributed by atoms with Gasteiger partial charge in [0.25, 0.3) is 0 Å². The molecule has 2 heteroatoms. The second kappa shape index (κ2) is 5.28. The van der Waals surface area contributed by atoms with Crippen LogP contribution in [0.3, 0.4) is 0 Å². The minimum atomic E-state index is 0.325. The van der Waals surface area contributed by atoms with Crippen molar-refractivity contribution in [3.8, 4) is 0 Å². The monoisotopic (exact) mass is 303 g/mol. The van der Waals surface area contributed by atoms with Crippen molar-refractivity contribution in [3.05, 3.63) is 34.9 Å². The van der Waals surface area contributed by atoms with Crippen LogP contribution in [0.5, 0.6) is 0 Å². The van der Waals surface area contributed by atoms with E-state index >= 15 is 0 Å². The Morgan fingerprint density at radius 2 is 1.62 bits per heavy atom. The summed E-state index contributed by atoms with van der Waals surface area (Å²) in [7, 11) is 0. The van der Waals surface area contributed by atoms with Gasteiger partial charge in [0.05, 0.1) is 0 Å². The molecule has 1 nitrogen and oxygen atoms in total. The molecule has 114 valence electrons. The second-order valence-corrected chi connectivity index (χ2v) is 8.12. The third-order valence-electron chi connectivity index (χ3n) is 6.76. The third-order valence-corrected chi connectivity index (χ3v) is 7.09. The summed E-state index contributed by atoms with van der Waals surface area (Å²) in [6, 6.07) is 8.64. The zero-order chi connectivity index (χ0) is 14.4. The summed E-state index contributed by atoms with van der Waals surface area (Å²) < 4.78 is 0. The van der Waals surface area contributed by atoms with E-state index in [1.165, 1.54) is 44.1 Å². The number of hydrogen-bond donors (Lipinski definition) is 1. The molecule has 0 unspecified atom stereocenters. The zero-order valence-corrected chi connectivity index (χ0v) is 13.5. The van der Waals surface area contributed by atoms with Crippen LogP contribution in [0.25, 0.3) is 0 Å². The number of nitrogens with two attached hydrogens (primary N) is 1. The molecule has 0 aromatic heterocycles. The fraction of sp³-hybridized carbons (Fsp3) is 0.684. The van der Waals surface area contributed by atoms with Crippen molar-refractivity contribution in [1.82, 2.24) is 0 Å². The standard InChI is InChI=1S/C19H26ClN/c20-18-5-2-1-4-17(18)19(6-3-7-21)15-9-13-8-14(11-15)12-16(19)10-13/h1-2,4-5,13-16H,3,6-12,21H2. The fourth-order valence-electron chi connectivity index (χ4n) is 6.24. The van der Waals surface area contributed by atoms with E-state index in [0.717, 1.165) is 41.7 Å². The van der Waals surface area contributed by atoms with Gasteiger partial charge in [-0.1, -0.05) is 29.8 Å². The SMILES string of the molecule is NCCCC1(c2ccccc2Cl)C2CC3CC(C2)CC1C3. The lowest BCUT2D eigenvalue weighted by molar-refractivity contribution is -0.0654. The predicted molar refractivity (Wildman–Crippen MR) is 88.5 cm³/mol. The molecule has 1 aromatic carbocycles. The molecule has 21 heavy (non-hydrogen) atoms. The van der Waals surface area contributed by atoms with Gasteiger partial charge in [-0.2, -0.15) is 0 Å². The zero-order valence-electron chi connectivity index (χ0n) is 12.7. The maximum absolute atomic E-state index is 6.65. The Kier molecular flexibility index (Phi) is 3.54. The second-order valence-electron chi connectivity index (χ2n) is 7.72. The average molecular weight is 304 g/mol. The van der Waals surface area contributed by atoms with E-state index in [1.807, 2.05) is 0 Å². The Labute approximate surface area is 133 Å². The predicted octanol–water partition coefficient (Wildman–Crippen LogP) is 4.77. The van der Waals surface area contributed by atoms with Crippen molar-refractivity contribution in [1.29, 1.82) is 0 Å². The Bertz CT molecular complexity index is 496. The quantitative estimate of drug-likeness (QED) is 0.851. The molecule has 0 saturated heterocycles. The highest BCUT2D eigenvalue weighted by atomic mass is 35.5. The number of hydrogen-bond acceptors (Lipinski definition) is 1. The van der Waals surface area contributed by atoms with Gasteiger partial charge in [-0.05, 0) is 86.8 Å². The van der Waals surface area contributed by atoms with Crippen LogP contribution in [0.1, 0.15) is 50.5 Å². The lowest BCUT2D eigenvalue weighted by Gasteiger charge is -2.62. The molecular weight excluding hydrogens is 278 g/mol. The first-order valence-corrected chi connectivity index (χ1v) is 9.07. The van der Waals surface area contributed by atoms with Gasteiger partial charge in [0, 0.05) is 10.4 Å². The van der Waals surface area contributed by atoms with Gasteiger partial charge in [0.1, 0.15) is 0 Å². The molecule has 4 aliphatic rings. The molecule has 1 aromatic rings.